The number of fused-ring (bicyclic) bond motifs is 1. The quantitative estimate of drug-likeness (QED) is 0.450. The molecule has 3 heteroatoms. The molecule has 0 spiro atoms. The molecule has 3 aromatic carbocycles. The molecule has 0 saturated carbocycles. The van der Waals surface area contributed by atoms with Crippen LogP contribution in [0.1, 0.15) is 12.1 Å². The third-order valence-electron chi connectivity index (χ3n) is 3.65. The molecule has 0 bridgehead atoms. The summed E-state index contributed by atoms with van der Waals surface area (Å²) >= 11 is 0. The monoisotopic (exact) mass is 316 g/mol. The van der Waals surface area contributed by atoms with Crippen molar-refractivity contribution in [2.24, 2.45) is 0 Å². The Balaban J connectivity index is 1.68. The Hall–Kier alpha value is -3.20. The summed E-state index contributed by atoms with van der Waals surface area (Å²) in [6, 6.07) is 29.0. The summed E-state index contributed by atoms with van der Waals surface area (Å²) in [4.78, 5) is 0. The van der Waals surface area contributed by atoms with Crippen LogP contribution in [0.25, 0.3) is 11.0 Å². The van der Waals surface area contributed by atoms with E-state index in [0.29, 0.717) is 5.76 Å². The Bertz CT molecular complexity index is 839. The van der Waals surface area contributed by atoms with E-state index in [-0.39, 0.29) is 0 Å². The number of hydrogen-bond acceptors (Lipinski definition) is 3. The predicted octanol–water partition coefficient (Wildman–Crippen LogP) is 5.59. The van der Waals surface area contributed by atoms with E-state index in [0.717, 1.165) is 22.5 Å². The zero-order chi connectivity index (χ0) is 16.2. The van der Waals surface area contributed by atoms with Gasteiger partial charge in [0, 0.05) is 5.39 Å². The van der Waals surface area contributed by atoms with Crippen LogP contribution in [-0.4, -0.2) is 0 Å². The maximum atomic E-state index is 6.02. The van der Waals surface area contributed by atoms with Gasteiger partial charge in [0.05, 0.1) is 0 Å². The second-order valence-electron chi connectivity index (χ2n) is 5.38. The lowest BCUT2D eigenvalue weighted by Crippen LogP contribution is -2.14. The van der Waals surface area contributed by atoms with Crippen LogP contribution in [0.4, 0.5) is 0 Å². The van der Waals surface area contributed by atoms with Gasteiger partial charge in [-0.2, -0.15) is 0 Å². The molecule has 1 heterocycles. The topological polar surface area (TPSA) is 31.6 Å². The van der Waals surface area contributed by atoms with Gasteiger partial charge >= 0.3 is 0 Å². The van der Waals surface area contributed by atoms with Crippen molar-refractivity contribution in [2.45, 2.75) is 6.29 Å². The number of ether oxygens (including phenoxy) is 2. The summed E-state index contributed by atoms with van der Waals surface area (Å²) in [5.74, 6) is 2.07. The maximum absolute atomic E-state index is 6.02. The van der Waals surface area contributed by atoms with E-state index in [1.165, 1.54) is 0 Å². The summed E-state index contributed by atoms with van der Waals surface area (Å²) < 4.78 is 18.0. The minimum absolute atomic E-state index is 0.629. The molecule has 0 saturated heterocycles. The first kappa shape index (κ1) is 14.4. The Labute approximate surface area is 140 Å². The Morgan fingerprint density at radius 3 is 1.75 bits per heavy atom. The molecular weight excluding hydrogens is 300 g/mol. The zero-order valence-corrected chi connectivity index (χ0v) is 13.0. The van der Waals surface area contributed by atoms with Gasteiger partial charge in [-0.25, -0.2) is 0 Å². The number of para-hydroxylation sites is 3. The van der Waals surface area contributed by atoms with Crippen molar-refractivity contribution in [3.05, 3.63) is 96.8 Å². The van der Waals surface area contributed by atoms with Crippen LogP contribution >= 0.6 is 0 Å². The van der Waals surface area contributed by atoms with Crippen molar-refractivity contribution < 1.29 is 13.9 Å². The second-order valence-corrected chi connectivity index (χ2v) is 5.38. The third-order valence-corrected chi connectivity index (χ3v) is 3.65. The van der Waals surface area contributed by atoms with Crippen LogP contribution in [0.15, 0.2) is 95.4 Å². The molecule has 118 valence electrons. The highest BCUT2D eigenvalue weighted by atomic mass is 16.7. The van der Waals surface area contributed by atoms with E-state index in [1.807, 2.05) is 91.0 Å². The third kappa shape index (κ3) is 3.10. The molecule has 4 aromatic rings. The van der Waals surface area contributed by atoms with Crippen LogP contribution < -0.4 is 9.47 Å². The molecule has 24 heavy (non-hydrogen) atoms. The molecule has 3 nitrogen and oxygen atoms in total. The van der Waals surface area contributed by atoms with Crippen molar-refractivity contribution in [3.63, 3.8) is 0 Å². The second kappa shape index (κ2) is 6.50. The fourth-order valence-electron chi connectivity index (χ4n) is 2.50. The van der Waals surface area contributed by atoms with E-state index in [1.54, 1.807) is 0 Å². The first-order valence-electron chi connectivity index (χ1n) is 7.80. The van der Waals surface area contributed by atoms with Gasteiger partial charge in [-0.05, 0) is 36.4 Å². The molecule has 0 aliphatic rings. The van der Waals surface area contributed by atoms with Gasteiger partial charge in [0.1, 0.15) is 17.1 Å². The Morgan fingerprint density at radius 1 is 0.625 bits per heavy atom. The summed E-state index contributed by atoms with van der Waals surface area (Å²) in [6.45, 7) is 0. The molecule has 0 aliphatic carbocycles. The molecular formula is C21H16O3. The number of benzene rings is 3. The van der Waals surface area contributed by atoms with Crippen molar-refractivity contribution in [2.75, 3.05) is 0 Å². The van der Waals surface area contributed by atoms with Crippen LogP contribution in [0.5, 0.6) is 11.5 Å². The van der Waals surface area contributed by atoms with E-state index in [4.69, 9.17) is 13.9 Å². The van der Waals surface area contributed by atoms with Crippen LogP contribution in [0.2, 0.25) is 0 Å². The summed E-state index contributed by atoms with van der Waals surface area (Å²) in [5, 5.41) is 1.02. The molecule has 0 fully saturated rings. The Morgan fingerprint density at radius 2 is 1.17 bits per heavy atom. The van der Waals surface area contributed by atoms with Gasteiger partial charge in [0.15, 0.2) is 5.76 Å². The SMILES string of the molecule is c1ccc(OC(Oc2ccccc2)c2cc3ccccc3o2)cc1. The van der Waals surface area contributed by atoms with Gasteiger partial charge in [0.2, 0.25) is 0 Å². The summed E-state index contributed by atoms with van der Waals surface area (Å²) in [7, 11) is 0. The number of hydrogen-bond donors (Lipinski definition) is 0. The highest BCUT2D eigenvalue weighted by Gasteiger charge is 2.20. The lowest BCUT2D eigenvalue weighted by Gasteiger charge is -2.18. The molecule has 0 radical (unpaired) electrons. The maximum Gasteiger partial charge on any atom is 0.300 e. The predicted molar refractivity (Wildman–Crippen MR) is 93.1 cm³/mol. The average molecular weight is 316 g/mol. The molecule has 0 unspecified atom stereocenters. The highest BCUT2D eigenvalue weighted by molar-refractivity contribution is 5.77. The minimum Gasteiger partial charge on any atom is -0.453 e. The van der Waals surface area contributed by atoms with Crippen molar-refractivity contribution >= 4 is 11.0 Å². The molecule has 4 rings (SSSR count). The molecule has 0 amide bonds. The first-order valence-corrected chi connectivity index (χ1v) is 7.80. The highest BCUT2D eigenvalue weighted by Crippen LogP contribution is 2.29. The van der Waals surface area contributed by atoms with Gasteiger partial charge in [0.25, 0.3) is 6.29 Å². The zero-order valence-electron chi connectivity index (χ0n) is 13.0. The lowest BCUT2D eigenvalue weighted by molar-refractivity contribution is -0.0120. The molecule has 0 N–H and O–H groups in total. The smallest absolute Gasteiger partial charge is 0.300 e. The summed E-state index contributed by atoms with van der Waals surface area (Å²) in [6.07, 6.45) is -0.665. The van der Waals surface area contributed by atoms with Gasteiger partial charge < -0.3 is 13.9 Å². The minimum atomic E-state index is -0.665. The van der Waals surface area contributed by atoms with Crippen molar-refractivity contribution in [3.8, 4) is 11.5 Å². The molecule has 1 aromatic heterocycles. The summed E-state index contributed by atoms with van der Waals surface area (Å²) in [5.41, 5.74) is 0.811. The van der Waals surface area contributed by atoms with E-state index < -0.39 is 6.29 Å². The van der Waals surface area contributed by atoms with Crippen LogP contribution in [-0.2, 0) is 0 Å². The standard InChI is InChI=1S/C21H16O3/c1-3-10-17(11-4-1)22-21(23-18-12-5-2-6-13-18)20-15-16-9-7-8-14-19(16)24-20/h1-15,21H. The number of rotatable bonds is 5. The average Bonchev–Trinajstić information content (AvgIpc) is 3.07. The first-order chi connectivity index (χ1) is 11.9. The normalized spacial score (nSPS) is 10.9. The lowest BCUT2D eigenvalue weighted by atomic mass is 10.2. The Kier molecular flexibility index (Phi) is 3.90. The van der Waals surface area contributed by atoms with Crippen molar-refractivity contribution in [1.82, 2.24) is 0 Å². The van der Waals surface area contributed by atoms with Crippen molar-refractivity contribution in [1.29, 1.82) is 0 Å². The fourth-order valence-corrected chi connectivity index (χ4v) is 2.50. The fraction of sp³-hybridized carbons (Fsp3) is 0.0476. The molecule has 0 aliphatic heterocycles. The van der Waals surface area contributed by atoms with Gasteiger partial charge in [-0.15, -0.1) is 0 Å². The van der Waals surface area contributed by atoms with E-state index in [9.17, 15) is 0 Å². The van der Waals surface area contributed by atoms with E-state index in [2.05, 4.69) is 0 Å². The largest absolute Gasteiger partial charge is 0.453 e. The van der Waals surface area contributed by atoms with Crippen LogP contribution in [0.3, 0.4) is 0 Å². The van der Waals surface area contributed by atoms with E-state index >= 15 is 0 Å². The number of furan rings is 1. The van der Waals surface area contributed by atoms with Crippen LogP contribution in [0, 0.1) is 0 Å². The van der Waals surface area contributed by atoms with Gasteiger partial charge in [-0.3, -0.25) is 0 Å². The van der Waals surface area contributed by atoms with Gasteiger partial charge in [-0.1, -0.05) is 54.6 Å². The molecule has 0 atom stereocenters.